The molecule has 0 bridgehead atoms. The fraction of sp³-hybridized carbons (Fsp3) is 0.353. The average molecular weight is 329 g/mol. The summed E-state index contributed by atoms with van der Waals surface area (Å²) in [5.74, 6) is -0.389. The molecule has 6 heteroatoms. The summed E-state index contributed by atoms with van der Waals surface area (Å²) in [4.78, 5) is 20.9. The van der Waals surface area contributed by atoms with Crippen LogP contribution in [0.2, 0.25) is 25.7 Å². The van der Waals surface area contributed by atoms with Gasteiger partial charge in [0.25, 0.3) is 0 Å². The van der Waals surface area contributed by atoms with Crippen molar-refractivity contribution in [2.45, 2.75) is 32.2 Å². The smallest absolute Gasteiger partial charge is 0.356 e. The molecule has 0 aliphatic heterocycles. The SMILES string of the molecule is C[Si](C)(C)CCOC(=O)c1cccc(-c2cccc(CN)n2)n1. The van der Waals surface area contributed by atoms with Crippen molar-refractivity contribution >= 4 is 14.0 Å². The summed E-state index contributed by atoms with van der Waals surface area (Å²) in [6.45, 7) is 7.55. The van der Waals surface area contributed by atoms with Gasteiger partial charge in [0.1, 0.15) is 5.69 Å². The Bertz CT molecular complexity index is 684. The maximum Gasteiger partial charge on any atom is 0.356 e. The number of nitrogens with zero attached hydrogens (tertiary/aromatic N) is 2. The second-order valence-corrected chi connectivity index (χ2v) is 12.2. The lowest BCUT2D eigenvalue weighted by Crippen LogP contribution is -2.23. The number of carbonyl (C=O) groups excluding carboxylic acids is 1. The Morgan fingerprint density at radius 1 is 1.09 bits per heavy atom. The molecule has 5 nitrogen and oxygen atoms in total. The fourth-order valence-electron chi connectivity index (χ4n) is 1.95. The third kappa shape index (κ3) is 5.26. The molecule has 0 saturated carbocycles. The minimum atomic E-state index is -1.22. The lowest BCUT2D eigenvalue weighted by atomic mass is 10.2. The van der Waals surface area contributed by atoms with Gasteiger partial charge < -0.3 is 10.5 Å². The first kappa shape index (κ1) is 17.3. The van der Waals surface area contributed by atoms with E-state index < -0.39 is 8.07 Å². The van der Waals surface area contributed by atoms with Gasteiger partial charge in [-0.05, 0) is 30.3 Å². The highest BCUT2D eigenvalue weighted by Crippen LogP contribution is 2.16. The van der Waals surface area contributed by atoms with E-state index in [1.807, 2.05) is 24.3 Å². The second-order valence-electron chi connectivity index (χ2n) is 6.57. The normalized spacial score (nSPS) is 11.3. The molecule has 0 unspecified atom stereocenters. The number of nitrogens with two attached hydrogens (primary N) is 1. The number of carbonyl (C=O) groups is 1. The van der Waals surface area contributed by atoms with Crippen molar-refractivity contribution < 1.29 is 9.53 Å². The molecule has 122 valence electrons. The van der Waals surface area contributed by atoms with Crippen LogP contribution in [0.5, 0.6) is 0 Å². The van der Waals surface area contributed by atoms with Crippen LogP contribution in [0.4, 0.5) is 0 Å². The molecule has 0 fully saturated rings. The molecular weight excluding hydrogens is 306 g/mol. The van der Waals surface area contributed by atoms with Crippen molar-refractivity contribution in [3.63, 3.8) is 0 Å². The third-order valence-corrected chi connectivity index (χ3v) is 5.03. The summed E-state index contributed by atoms with van der Waals surface area (Å²) >= 11 is 0. The first-order valence-corrected chi connectivity index (χ1v) is 11.4. The summed E-state index contributed by atoms with van der Waals surface area (Å²) in [5.41, 5.74) is 8.04. The van der Waals surface area contributed by atoms with E-state index in [2.05, 4.69) is 29.6 Å². The Morgan fingerprint density at radius 3 is 2.39 bits per heavy atom. The molecule has 0 amide bonds. The van der Waals surface area contributed by atoms with Crippen LogP contribution >= 0.6 is 0 Å². The number of aromatic nitrogens is 2. The van der Waals surface area contributed by atoms with E-state index in [4.69, 9.17) is 10.5 Å². The number of rotatable bonds is 6. The van der Waals surface area contributed by atoms with Crippen molar-refractivity contribution in [1.29, 1.82) is 0 Å². The molecular formula is C17H23N3O2Si. The summed E-state index contributed by atoms with van der Waals surface area (Å²) in [7, 11) is -1.22. The molecule has 0 saturated heterocycles. The maximum absolute atomic E-state index is 12.1. The molecule has 23 heavy (non-hydrogen) atoms. The monoisotopic (exact) mass is 329 g/mol. The summed E-state index contributed by atoms with van der Waals surface area (Å²) in [6, 6.07) is 11.8. The van der Waals surface area contributed by atoms with E-state index in [1.54, 1.807) is 12.1 Å². The van der Waals surface area contributed by atoms with Crippen molar-refractivity contribution in [2.24, 2.45) is 5.73 Å². The van der Waals surface area contributed by atoms with Gasteiger partial charge >= 0.3 is 5.97 Å². The number of hydrogen-bond acceptors (Lipinski definition) is 5. The lowest BCUT2D eigenvalue weighted by Gasteiger charge is -2.15. The minimum Gasteiger partial charge on any atom is -0.461 e. The van der Waals surface area contributed by atoms with Crippen molar-refractivity contribution in [3.05, 3.63) is 47.8 Å². The largest absolute Gasteiger partial charge is 0.461 e. The summed E-state index contributed by atoms with van der Waals surface area (Å²) < 4.78 is 5.33. The van der Waals surface area contributed by atoms with Crippen LogP contribution in [0.3, 0.4) is 0 Å². The Hall–Kier alpha value is -2.05. The van der Waals surface area contributed by atoms with Crippen LogP contribution in [-0.4, -0.2) is 30.6 Å². The van der Waals surface area contributed by atoms with E-state index in [1.165, 1.54) is 0 Å². The second kappa shape index (κ2) is 7.48. The van der Waals surface area contributed by atoms with Gasteiger partial charge in [-0.3, -0.25) is 0 Å². The number of esters is 1. The molecule has 0 aromatic carbocycles. The Morgan fingerprint density at radius 2 is 1.74 bits per heavy atom. The van der Waals surface area contributed by atoms with E-state index >= 15 is 0 Å². The van der Waals surface area contributed by atoms with Crippen molar-refractivity contribution in [3.8, 4) is 11.4 Å². The maximum atomic E-state index is 12.1. The predicted molar refractivity (Wildman–Crippen MR) is 93.8 cm³/mol. The van der Waals surface area contributed by atoms with E-state index in [-0.39, 0.29) is 5.97 Å². The Balaban J connectivity index is 2.11. The lowest BCUT2D eigenvalue weighted by molar-refractivity contribution is 0.0518. The molecule has 2 aromatic rings. The third-order valence-electron chi connectivity index (χ3n) is 3.32. The van der Waals surface area contributed by atoms with Gasteiger partial charge in [-0.25, -0.2) is 14.8 Å². The number of pyridine rings is 2. The molecule has 0 aliphatic carbocycles. The highest BCUT2D eigenvalue weighted by molar-refractivity contribution is 6.76. The molecule has 2 heterocycles. The van der Waals surface area contributed by atoms with Gasteiger partial charge in [0.2, 0.25) is 0 Å². The highest BCUT2D eigenvalue weighted by atomic mass is 28.3. The zero-order valence-electron chi connectivity index (χ0n) is 13.9. The molecule has 2 N–H and O–H groups in total. The number of hydrogen-bond donors (Lipinski definition) is 1. The standard InChI is InChI=1S/C17H23N3O2Si/c1-23(2,3)11-10-22-17(21)16-9-5-8-15(20-16)14-7-4-6-13(12-18)19-14/h4-9H,10-12,18H2,1-3H3. The van der Waals surface area contributed by atoms with Gasteiger partial charge in [0.05, 0.1) is 23.7 Å². The quantitative estimate of drug-likeness (QED) is 0.651. The van der Waals surface area contributed by atoms with Gasteiger partial charge in [-0.2, -0.15) is 0 Å². The van der Waals surface area contributed by atoms with Gasteiger partial charge in [0, 0.05) is 14.6 Å². The van der Waals surface area contributed by atoms with E-state index in [9.17, 15) is 4.79 Å². The first-order chi connectivity index (χ1) is 10.9. The van der Waals surface area contributed by atoms with Crippen molar-refractivity contribution in [1.82, 2.24) is 9.97 Å². The molecule has 0 radical (unpaired) electrons. The number of ether oxygens (including phenoxy) is 1. The van der Waals surface area contributed by atoms with Crippen LogP contribution in [0.1, 0.15) is 16.2 Å². The van der Waals surface area contributed by atoms with Gasteiger partial charge in [-0.1, -0.05) is 31.8 Å². The summed E-state index contributed by atoms with van der Waals surface area (Å²) in [6.07, 6.45) is 0. The Labute approximate surface area is 137 Å². The van der Waals surface area contributed by atoms with Crippen LogP contribution in [0.15, 0.2) is 36.4 Å². The van der Waals surface area contributed by atoms with Crippen LogP contribution in [0, 0.1) is 0 Å². The highest BCUT2D eigenvalue weighted by Gasteiger charge is 2.16. The average Bonchev–Trinajstić information content (AvgIpc) is 2.54. The van der Waals surface area contributed by atoms with E-state index in [0.29, 0.717) is 30.2 Å². The van der Waals surface area contributed by atoms with Crippen LogP contribution < -0.4 is 5.73 Å². The summed E-state index contributed by atoms with van der Waals surface area (Å²) in [5, 5.41) is 0. The molecule has 0 spiro atoms. The minimum absolute atomic E-state index is 0.304. The van der Waals surface area contributed by atoms with Gasteiger partial charge in [-0.15, -0.1) is 0 Å². The molecule has 0 aliphatic rings. The molecule has 0 atom stereocenters. The predicted octanol–water partition coefficient (Wildman–Crippen LogP) is 3.10. The fourth-order valence-corrected chi connectivity index (χ4v) is 2.67. The van der Waals surface area contributed by atoms with E-state index in [0.717, 1.165) is 11.7 Å². The topological polar surface area (TPSA) is 78.1 Å². The van der Waals surface area contributed by atoms with Crippen LogP contribution in [0.25, 0.3) is 11.4 Å². The molecule has 2 rings (SSSR count). The van der Waals surface area contributed by atoms with Gasteiger partial charge in [0.15, 0.2) is 0 Å². The molecule has 2 aromatic heterocycles. The zero-order valence-corrected chi connectivity index (χ0v) is 14.9. The zero-order chi connectivity index (χ0) is 16.9. The Kier molecular flexibility index (Phi) is 5.62. The van der Waals surface area contributed by atoms with Crippen molar-refractivity contribution in [2.75, 3.05) is 6.61 Å². The van der Waals surface area contributed by atoms with Crippen LogP contribution in [-0.2, 0) is 11.3 Å². The first-order valence-electron chi connectivity index (χ1n) is 7.69.